The van der Waals surface area contributed by atoms with Crippen molar-refractivity contribution in [1.82, 2.24) is 0 Å². The van der Waals surface area contributed by atoms with Gasteiger partial charge in [-0.25, -0.2) is 9.59 Å². The zero-order chi connectivity index (χ0) is 64.2. The molecule has 0 saturated carbocycles. The first kappa shape index (κ1) is 75.2. The fourth-order valence-corrected chi connectivity index (χ4v) is 13.1. The standard InChI is InChI=1S/C35H60O5Si2.C34H58O6Si2/c1-25(24-38-42(13,14)34(5,6)7)18-19-27(3)32-30(39-35(8,9)40-32)17-15-16-29-23-26(2)22-28(4)31(29)33(36)37-20-21-41(10,11)12;1-24(23-38-42(12,13)33(4,5)6)17-18-28(35)31-29(39-34(7,8)40-31)16-14-15-27-22-25(2)21-26(3)30(27)32(36)37-19-20-41(9,10)11/h15-16,18-19,22-23,25,27,30,32H,17,20-21,24H2,1-14H3;14-15,17-18,21-22,24,28-29,31,35H,16,19-20,23H2,1-13H3/b16-15+,19-18-;15-14+,18-17-/t25-,27?,30+,32?;24-,28?,29+,31?/m11/s1. The van der Waals surface area contributed by atoms with Crippen molar-refractivity contribution in [2.75, 3.05) is 26.4 Å². The van der Waals surface area contributed by atoms with Gasteiger partial charge in [-0.3, -0.25) is 0 Å². The van der Waals surface area contributed by atoms with Crippen LogP contribution in [0, 0.1) is 45.4 Å². The molecule has 0 amide bonds. The van der Waals surface area contributed by atoms with Crippen LogP contribution in [0.3, 0.4) is 0 Å². The lowest BCUT2D eigenvalue weighted by Gasteiger charge is -2.36. The topological polar surface area (TPSA) is 128 Å². The van der Waals surface area contributed by atoms with E-state index in [0.29, 0.717) is 49.7 Å². The lowest BCUT2D eigenvalue weighted by atomic mass is 9.95. The fraction of sp³-hybridized carbons (Fsp3) is 0.681. The van der Waals surface area contributed by atoms with Crippen LogP contribution < -0.4 is 0 Å². The third kappa shape index (κ3) is 24.8. The van der Waals surface area contributed by atoms with Crippen LogP contribution in [0.15, 0.2) is 60.7 Å². The number of esters is 2. The Hall–Kier alpha value is -3.07. The Labute approximate surface area is 515 Å². The second-order valence-electron chi connectivity index (χ2n) is 30.8. The van der Waals surface area contributed by atoms with Gasteiger partial charge in [0.05, 0.1) is 42.7 Å². The minimum Gasteiger partial charge on any atom is -0.462 e. The van der Waals surface area contributed by atoms with E-state index in [4.69, 9.17) is 37.3 Å². The van der Waals surface area contributed by atoms with E-state index in [0.717, 1.165) is 52.1 Å². The molecule has 2 aliphatic heterocycles. The lowest BCUT2D eigenvalue weighted by Crippen LogP contribution is -2.41. The quantitative estimate of drug-likeness (QED) is 0.0549. The van der Waals surface area contributed by atoms with Crippen LogP contribution in [0.25, 0.3) is 12.2 Å². The molecule has 15 heteroatoms. The van der Waals surface area contributed by atoms with Gasteiger partial charge >= 0.3 is 11.9 Å². The summed E-state index contributed by atoms with van der Waals surface area (Å²) in [6.07, 6.45) is 15.8. The predicted octanol–water partition coefficient (Wildman–Crippen LogP) is 17.9. The molecule has 1 N–H and O–H groups in total. The van der Waals surface area contributed by atoms with E-state index in [2.05, 4.69) is 159 Å². The molecule has 2 heterocycles. The molecule has 476 valence electrons. The smallest absolute Gasteiger partial charge is 0.338 e. The van der Waals surface area contributed by atoms with Crippen LogP contribution in [0.2, 0.25) is 87.6 Å². The highest BCUT2D eigenvalue weighted by atomic mass is 28.4. The predicted molar refractivity (Wildman–Crippen MR) is 362 cm³/mol. The highest BCUT2D eigenvalue weighted by Gasteiger charge is 2.45. The normalized spacial score (nSPS) is 21.3. The zero-order valence-electron chi connectivity index (χ0n) is 57.7. The van der Waals surface area contributed by atoms with Gasteiger partial charge in [-0.2, -0.15) is 0 Å². The molecule has 0 spiro atoms. The summed E-state index contributed by atoms with van der Waals surface area (Å²) in [4.78, 5) is 26.2. The van der Waals surface area contributed by atoms with E-state index in [1.54, 1.807) is 0 Å². The number of aryl methyl sites for hydroxylation is 4. The number of hydrogen-bond donors (Lipinski definition) is 1. The van der Waals surface area contributed by atoms with Crippen LogP contribution >= 0.6 is 0 Å². The van der Waals surface area contributed by atoms with Gasteiger partial charge in [-0.15, -0.1) is 0 Å². The van der Waals surface area contributed by atoms with Crippen LogP contribution in [-0.2, 0) is 37.3 Å². The zero-order valence-corrected chi connectivity index (χ0v) is 61.7. The fourth-order valence-electron chi connectivity index (χ4n) is 9.46. The molecule has 2 saturated heterocycles. The van der Waals surface area contributed by atoms with Crippen molar-refractivity contribution in [1.29, 1.82) is 0 Å². The van der Waals surface area contributed by atoms with Gasteiger partial charge in [0.2, 0.25) is 0 Å². The summed E-state index contributed by atoms with van der Waals surface area (Å²) < 4.78 is 49.3. The van der Waals surface area contributed by atoms with E-state index in [-0.39, 0.29) is 52.2 Å². The maximum absolute atomic E-state index is 13.1. The summed E-state index contributed by atoms with van der Waals surface area (Å²) in [5, 5.41) is 11.5. The molecule has 2 aromatic carbocycles. The second-order valence-corrected chi connectivity index (χ2v) is 51.6. The molecule has 11 nitrogen and oxygen atoms in total. The summed E-state index contributed by atoms with van der Waals surface area (Å²) in [6.45, 7) is 60.8. The Morgan fingerprint density at radius 1 is 0.560 bits per heavy atom. The Bertz CT molecular complexity index is 2390. The molecule has 0 radical (unpaired) electrons. The molecular weight excluding hydrogens is 1120 g/mol. The SMILES string of the molecule is Cc1cc(C)c(C(=O)OCC[Si](C)(C)C)c(/C=C/C[C@@H]2OC(C)(C)OC2C(C)/C=C\[C@@H](C)CO[Si](C)(C)C(C)(C)C)c1.Cc1cc(C)c(C(=O)OCC[Si](C)(C)C)c(/C=C/C[C@@H]2OC(C)(C)OC2C(O)/C=C\[C@@H](C)CO[Si](C)(C)C(C)(C)C)c1. The van der Waals surface area contributed by atoms with E-state index >= 15 is 0 Å². The molecule has 0 aliphatic carbocycles. The highest BCUT2D eigenvalue weighted by molar-refractivity contribution is 6.76. The molecule has 8 atom stereocenters. The van der Waals surface area contributed by atoms with Crippen molar-refractivity contribution in [3.8, 4) is 0 Å². The molecule has 4 rings (SSSR count). The number of benzene rings is 2. The average molecular weight is 1240 g/mol. The van der Waals surface area contributed by atoms with Gasteiger partial charge < -0.3 is 42.4 Å². The number of aliphatic hydroxyl groups excluding tert-OH is 1. The third-order valence-electron chi connectivity index (χ3n) is 16.6. The van der Waals surface area contributed by atoms with E-state index in [1.165, 1.54) is 0 Å². The van der Waals surface area contributed by atoms with Crippen molar-refractivity contribution in [2.24, 2.45) is 17.8 Å². The maximum atomic E-state index is 13.1. The Morgan fingerprint density at radius 2 is 0.917 bits per heavy atom. The molecule has 84 heavy (non-hydrogen) atoms. The van der Waals surface area contributed by atoms with Crippen molar-refractivity contribution in [2.45, 2.75) is 260 Å². The van der Waals surface area contributed by atoms with Gasteiger partial charge in [0.1, 0.15) is 12.2 Å². The summed E-state index contributed by atoms with van der Waals surface area (Å²) in [7, 11) is -6.19. The summed E-state index contributed by atoms with van der Waals surface area (Å²) >= 11 is 0. The number of carbonyl (C=O) groups is 2. The molecular formula is C69H118O11Si4. The minimum absolute atomic E-state index is 0.0698. The Balaban J connectivity index is 0.000000440. The molecule has 4 unspecified atom stereocenters. The largest absolute Gasteiger partial charge is 0.462 e. The number of hydrogen-bond acceptors (Lipinski definition) is 11. The first-order valence-corrected chi connectivity index (χ1v) is 44.4. The van der Waals surface area contributed by atoms with Crippen molar-refractivity contribution >= 4 is 56.9 Å². The third-order valence-corrected chi connectivity index (χ3v) is 29.0. The van der Waals surface area contributed by atoms with Gasteiger partial charge in [-0.1, -0.05) is 186 Å². The van der Waals surface area contributed by atoms with Crippen molar-refractivity contribution in [3.05, 3.63) is 105 Å². The van der Waals surface area contributed by atoms with E-state index in [9.17, 15) is 14.7 Å². The van der Waals surface area contributed by atoms with Crippen LogP contribution in [-0.4, -0.2) is 118 Å². The second kappa shape index (κ2) is 30.9. The number of aliphatic hydroxyl groups is 1. The van der Waals surface area contributed by atoms with Crippen LogP contribution in [0.5, 0.6) is 0 Å². The Kier molecular flexibility index (Phi) is 27.7. The first-order valence-electron chi connectivity index (χ1n) is 31.2. The van der Waals surface area contributed by atoms with Crippen LogP contribution in [0.4, 0.5) is 0 Å². The monoisotopic (exact) mass is 1230 g/mol. The van der Waals surface area contributed by atoms with Gasteiger partial charge in [0.15, 0.2) is 28.2 Å². The number of rotatable bonds is 26. The highest BCUT2D eigenvalue weighted by Crippen LogP contribution is 2.39. The van der Waals surface area contributed by atoms with E-state index in [1.807, 2.05) is 97.0 Å². The number of carbonyl (C=O) groups excluding carboxylic acids is 2. The molecule has 2 fully saturated rings. The number of ether oxygens (including phenoxy) is 6. The van der Waals surface area contributed by atoms with Crippen molar-refractivity contribution < 1.29 is 52.0 Å². The summed E-state index contributed by atoms with van der Waals surface area (Å²) in [5.41, 5.74) is 7.02. The molecule has 2 aromatic rings. The van der Waals surface area contributed by atoms with Crippen molar-refractivity contribution in [3.63, 3.8) is 0 Å². The Morgan fingerprint density at radius 3 is 1.29 bits per heavy atom. The van der Waals surface area contributed by atoms with Gasteiger partial charge in [-0.05, 0) is 151 Å². The average Bonchev–Trinajstić information content (AvgIpc) is 4.03. The van der Waals surface area contributed by atoms with E-state index < -0.39 is 56.6 Å². The lowest BCUT2D eigenvalue weighted by molar-refractivity contribution is -0.152. The summed E-state index contributed by atoms with van der Waals surface area (Å²) in [5.74, 6) is -1.31. The molecule has 0 bridgehead atoms. The first-order chi connectivity index (χ1) is 38.2. The van der Waals surface area contributed by atoms with Gasteiger partial charge in [0, 0.05) is 35.3 Å². The summed E-state index contributed by atoms with van der Waals surface area (Å²) in [6, 6.07) is 10.0. The maximum Gasteiger partial charge on any atom is 0.338 e. The van der Waals surface area contributed by atoms with Crippen LogP contribution in [0.1, 0.15) is 157 Å². The van der Waals surface area contributed by atoms with Gasteiger partial charge in [0.25, 0.3) is 0 Å². The molecule has 2 aliphatic rings. The molecule has 0 aromatic heterocycles. The minimum atomic E-state index is -1.83.